The van der Waals surface area contributed by atoms with E-state index in [-0.39, 0.29) is 5.56 Å². The van der Waals surface area contributed by atoms with Crippen LogP contribution >= 0.6 is 11.3 Å². The van der Waals surface area contributed by atoms with E-state index in [1.165, 1.54) is 18.4 Å². The van der Waals surface area contributed by atoms with Crippen molar-refractivity contribution in [2.24, 2.45) is 5.73 Å². The molecule has 0 spiro atoms. The van der Waals surface area contributed by atoms with E-state index < -0.39 is 23.5 Å². The monoisotopic (exact) mass is 273 g/mol. The normalized spacial score (nSPS) is 12.5. The number of hydrogen-bond donors (Lipinski definition) is 1. The van der Waals surface area contributed by atoms with Crippen LogP contribution in [0.3, 0.4) is 0 Å². The minimum atomic E-state index is -1.52. The average Bonchev–Trinajstić information content (AvgIpc) is 2.83. The molecular formula is C12H10F3NOS. The molecule has 6 heteroatoms. The van der Waals surface area contributed by atoms with Crippen molar-refractivity contribution in [1.82, 2.24) is 0 Å². The molecule has 0 aliphatic carbocycles. The van der Waals surface area contributed by atoms with E-state index in [1.807, 2.05) is 0 Å². The summed E-state index contributed by atoms with van der Waals surface area (Å²) in [5.41, 5.74) is 5.76. The van der Waals surface area contributed by atoms with E-state index in [9.17, 15) is 13.2 Å². The molecule has 1 atom stereocenters. The van der Waals surface area contributed by atoms with Crippen molar-refractivity contribution >= 4 is 11.3 Å². The Balaban J connectivity index is 2.46. The lowest BCUT2D eigenvalue weighted by Gasteiger charge is -2.13. The third-order valence-electron chi connectivity index (χ3n) is 2.56. The maximum Gasteiger partial charge on any atom is 0.194 e. The highest BCUT2D eigenvalue weighted by molar-refractivity contribution is 7.10. The zero-order valence-corrected chi connectivity index (χ0v) is 10.2. The summed E-state index contributed by atoms with van der Waals surface area (Å²) in [6, 6.07) is 2.78. The Labute approximate surface area is 106 Å². The van der Waals surface area contributed by atoms with Crippen LogP contribution in [0.1, 0.15) is 16.5 Å². The molecule has 1 aromatic heterocycles. The van der Waals surface area contributed by atoms with Crippen LogP contribution in [0.25, 0.3) is 0 Å². The van der Waals surface area contributed by atoms with Gasteiger partial charge in [0.05, 0.1) is 18.0 Å². The smallest absolute Gasteiger partial charge is 0.194 e. The Morgan fingerprint density at radius 1 is 1.17 bits per heavy atom. The fraction of sp³-hybridized carbons (Fsp3) is 0.167. The molecule has 96 valence electrons. The van der Waals surface area contributed by atoms with Crippen molar-refractivity contribution in [2.45, 2.75) is 6.04 Å². The highest BCUT2D eigenvalue weighted by Gasteiger charge is 2.22. The second kappa shape index (κ2) is 4.99. The number of rotatable bonds is 3. The van der Waals surface area contributed by atoms with E-state index in [1.54, 1.807) is 11.4 Å². The zero-order valence-electron chi connectivity index (χ0n) is 9.41. The Bertz CT molecular complexity index is 570. The summed E-state index contributed by atoms with van der Waals surface area (Å²) >= 11 is 1.26. The molecule has 0 aliphatic rings. The predicted octanol–water partition coefficient (Wildman–Crippen LogP) is 3.22. The van der Waals surface area contributed by atoms with Crippen LogP contribution in [0, 0.1) is 17.5 Å². The molecule has 2 N–H and O–H groups in total. The predicted molar refractivity (Wildman–Crippen MR) is 63.2 cm³/mol. The van der Waals surface area contributed by atoms with Crippen molar-refractivity contribution < 1.29 is 17.9 Å². The maximum absolute atomic E-state index is 13.6. The van der Waals surface area contributed by atoms with Crippen molar-refractivity contribution in [3.63, 3.8) is 0 Å². The highest BCUT2D eigenvalue weighted by Crippen LogP contribution is 2.34. The number of methoxy groups -OCH3 is 1. The lowest BCUT2D eigenvalue weighted by atomic mass is 10.0. The van der Waals surface area contributed by atoms with Crippen LogP contribution in [0.4, 0.5) is 13.2 Å². The second-order valence-electron chi connectivity index (χ2n) is 3.60. The van der Waals surface area contributed by atoms with Crippen molar-refractivity contribution in [3.05, 3.63) is 51.5 Å². The van der Waals surface area contributed by atoms with Gasteiger partial charge in [0.15, 0.2) is 17.5 Å². The summed E-state index contributed by atoms with van der Waals surface area (Å²) in [6.07, 6.45) is 0. The summed E-state index contributed by atoms with van der Waals surface area (Å²) in [5.74, 6) is -3.52. The van der Waals surface area contributed by atoms with Gasteiger partial charge in [-0.15, -0.1) is 11.3 Å². The van der Waals surface area contributed by atoms with Crippen LogP contribution in [0.15, 0.2) is 23.6 Å². The standard InChI is InChI=1S/C12H10F3NOS/c1-17-8-4-5-18-12(8)11(16)6-2-3-7(13)10(15)9(6)14/h2-5,11H,16H2,1H3. The van der Waals surface area contributed by atoms with Gasteiger partial charge in [-0.05, 0) is 17.5 Å². The molecule has 1 unspecified atom stereocenters. The average molecular weight is 273 g/mol. The van der Waals surface area contributed by atoms with Gasteiger partial charge in [-0.2, -0.15) is 0 Å². The van der Waals surface area contributed by atoms with Crippen LogP contribution in [-0.2, 0) is 0 Å². The SMILES string of the molecule is COc1ccsc1C(N)c1ccc(F)c(F)c1F. The van der Waals surface area contributed by atoms with Crippen LogP contribution in [0.2, 0.25) is 0 Å². The molecule has 1 aromatic carbocycles. The van der Waals surface area contributed by atoms with E-state index >= 15 is 0 Å². The van der Waals surface area contributed by atoms with E-state index in [2.05, 4.69) is 0 Å². The summed E-state index contributed by atoms with van der Waals surface area (Å²) in [7, 11) is 1.46. The van der Waals surface area contributed by atoms with Gasteiger partial charge in [0.1, 0.15) is 5.75 Å². The van der Waals surface area contributed by atoms with Gasteiger partial charge < -0.3 is 10.5 Å². The number of hydrogen-bond acceptors (Lipinski definition) is 3. The summed E-state index contributed by atoms with van der Waals surface area (Å²) in [5, 5.41) is 1.73. The molecule has 0 bridgehead atoms. The first kappa shape index (κ1) is 12.9. The molecule has 2 rings (SSSR count). The molecule has 1 heterocycles. The van der Waals surface area contributed by atoms with Crippen LogP contribution in [0.5, 0.6) is 5.75 Å². The van der Waals surface area contributed by atoms with Crippen LogP contribution in [-0.4, -0.2) is 7.11 Å². The molecule has 0 amide bonds. The lowest BCUT2D eigenvalue weighted by Crippen LogP contribution is -2.14. The van der Waals surface area contributed by atoms with Gasteiger partial charge in [0.2, 0.25) is 0 Å². The Hall–Kier alpha value is -1.53. The molecular weight excluding hydrogens is 263 g/mol. The minimum absolute atomic E-state index is 0.102. The molecule has 18 heavy (non-hydrogen) atoms. The van der Waals surface area contributed by atoms with Gasteiger partial charge in [-0.25, -0.2) is 13.2 Å². The van der Waals surface area contributed by atoms with Gasteiger partial charge in [0, 0.05) is 5.56 Å². The summed E-state index contributed by atoms with van der Waals surface area (Å²) in [4.78, 5) is 0.558. The Morgan fingerprint density at radius 2 is 1.89 bits per heavy atom. The highest BCUT2D eigenvalue weighted by atomic mass is 32.1. The number of benzene rings is 1. The second-order valence-corrected chi connectivity index (χ2v) is 4.54. The fourth-order valence-electron chi connectivity index (χ4n) is 1.63. The van der Waals surface area contributed by atoms with Crippen molar-refractivity contribution in [1.29, 1.82) is 0 Å². The van der Waals surface area contributed by atoms with E-state index in [4.69, 9.17) is 10.5 Å². The minimum Gasteiger partial charge on any atom is -0.496 e. The largest absolute Gasteiger partial charge is 0.496 e. The first-order valence-corrected chi connectivity index (χ1v) is 5.94. The third-order valence-corrected chi connectivity index (χ3v) is 3.54. The molecule has 0 radical (unpaired) electrons. The summed E-state index contributed by atoms with van der Waals surface area (Å²) < 4.78 is 44.6. The summed E-state index contributed by atoms with van der Waals surface area (Å²) in [6.45, 7) is 0. The molecule has 0 fully saturated rings. The number of nitrogens with two attached hydrogens (primary N) is 1. The van der Waals surface area contributed by atoms with Gasteiger partial charge in [-0.3, -0.25) is 0 Å². The first-order chi connectivity index (χ1) is 8.56. The van der Waals surface area contributed by atoms with Gasteiger partial charge in [-0.1, -0.05) is 6.07 Å². The van der Waals surface area contributed by atoms with E-state index in [0.29, 0.717) is 10.6 Å². The zero-order chi connectivity index (χ0) is 13.3. The van der Waals surface area contributed by atoms with Crippen LogP contribution < -0.4 is 10.5 Å². The Morgan fingerprint density at radius 3 is 2.56 bits per heavy atom. The Kier molecular flexibility index (Phi) is 3.58. The topological polar surface area (TPSA) is 35.2 Å². The number of ether oxygens (including phenoxy) is 1. The van der Waals surface area contributed by atoms with E-state index in [0.717, 1.165) is 12.1 Å². The molecule has 2 nitrogen and oxygen atoms in total. The molecule has 0 saturated heterocycles. The van der Waals surface area contributed by atoms with Crippen molar-refractivity contribution in [2.75, 3.05) is 7.11 Å². The number of halogens is 3. The third kappa shape index (κ3) is 2.09. The lowest BCUT2D eigenvalue weighted by molar-refractivity contribution is 0.409. The number of thiophene rings is 1. The quantitative estimate of drug-likeness (QED) is 0.871. The first-order valence-electron chi connectivity index (χ1n) is 5.06. The molecule has 0 aliphatic heterocycles. The fourth-order valence-corrected chi connectivity index (χ4v) is 2.51. The maximum atomic E-state index is 13.6. The van der Waals surface area contributed by atoms with Gasteiger partial charge in [0.25, 0.3) is 0 Å². The molecule has 0 saturated carbocycles. The molecule has 2 aromatic rings. The van der Waals surface area contributed by atoms with Crippen molar-refractivity contribution in [3.8, 4) is 5.75 Å². The van der Waals surface area contributed by atoms with Gasteiger partial charge >= 0.3 is 0 Å².